The van der Waals surface area contributed by atoms with Crippen molar-refractivity contribution in [3.05, 3.63) is 77.0 Å². The molecule has 0 atom stereocenters. The van der Waals surface area contributed by atoms with E-state index in [1.54, 1.807) is 0 Å². The van der Waals surface area contributed by atoms with Crippen molar-refractivity contribution in [2.24, 2.45) is 0 Å². The minimum Gasteiger partial charge on any atom is -0.371 e. The summed E-state index contributed by atoms with van der Waals surface area (Å²) in [5.74, 6) is 0. The molecule has 5 heteroatoms. The van der Waals surface area contributed by atoms with Crippen LogP contribution in [0, 0.1) is 25.2 Å². The summed E-state index contributed by atoms with van der Waals surface area (Å²) >= 11 is 1.86. The molecule has 0 aliphatic carbocycles. The predicted octanol–water partition coefficient (Wildman–Crippen LogP) is 6.69. The number of nitrogens with one attached hydrogen (secondary N) is 1. The second-order valence-electron chi connectivity index (χ2n) is 9.08. The molecule has 0 bridgehead atoms. The van der Waals surface area contributed by atoms with E-state index in [0.29, 0.717) is 5.56 Å². The highest BCUT2D eigenvalue weighted by atomic mass is 32.2. The normalized spacial score (nSPS) is 10.9. The van der Waals surface area contributed by atoms with Crippen LogP contribution in [0.15, 0.2) is 59.6 Å². The molecule has 1 N–H and O–H groups in total. The van der Waals surface area contributed by atoms with Gasteiger partial charge in [0.25, 0.3) is 0 Å². The van der Waals surface area contributed by atoms with Gasteiger partial charge in [0.15, 0.2) is 0 Å². The molecule has 0 amide bonds. The first-order valence-electron chi connectivity index (χ1n) is 12.5. The molecule has 0 radical (unpaired) electrons. The second kappa shape index (κ2) is 15.6. The number of unbranched alkanes of at least 4 members (excludes halogenated alkanes) is 3. The van der Waals surface area contributed by atoms with Crippen LogP contribution >= 0.6 is 11.9 Å². The van der Waals surface area contributed by atoms with Crippen LogP contribution in [0.3, 0.4) is 0 Å². The summed E-state index contributed by atoms with van der Waals surface area (Å²) < 4.78 is 2.36. The Bertz CT molecular complexity index is 896. The average molecular weight is 479 g/mol. The van der Waals surface area contributed by atoms with Gasteiger partial charge in [0.2, 0.25) is 0 Å². The van der Waals surface area contributed by atoms with E-state index in [9.17, 15) is 0 Å². The van der Waals surface area contributed by atoms with E-state index < -0.39 is 0 Å². The summed E-state index contributed by atoms with van der Waals surface area (Å²) in [7, 11) is 4.20. The highest BCUT2D eigenvalue weighted by molar-refractivity contribution is 7.97. The lowest BCUT2D eigenvalue weighted by molar-refractivity contribution is 0.313. The van der Waals surface area contributed by atoms with Gasteiger partial charge in [-0.25, -0.2) is 4.31 Å². The molecule has 0 fully saturated rings. The summed E-state index contributed by atoms with van der Waals surface area (Å²) in [5.41, 5.74) is 5.86. The average Bonchev–Trinajstić information content (AvgIpc) is 2.83. The maximum absolute atomic E-state index is 9.07. The van der Waals surface area contributed by atoms with E-state index >= 15 is 0 Å². The summed E-state index contributed by atoms with van der Waals surface area (Å²) in [6.07, 6.45) is 6.91. The van der Waals surface area contributed by atoms with Gasteiger partial charge < -0.3 is 10.2 Å². The Kier molecular flexibility index (Phi) is 12.8. The Morgan fingerprint density at radius 2 is 1.65 bits per heavy atom. The molecule has 0 heterocycles. The van der Waals surface area contributed by atoms with Crippen molar-refractivity contribution in [3.63, 3.8) is 0 Å². The molecule has 0 aliphatic rings. The van der Waals surface area contributed by atoms with Crippen LogP contribution in [0.5, 0.6) is 0 Å². The van der Waals surface area contributed by atoms with Gasteiger partial charge in [-0.15, -0.1) is 0 Å². The minimum atomic E-state index is 0.712. The smallest absolute Gasteiger partial charge is 0.0991 e. The molecule has 0 aliphatic heterocycles. The van der Waals surface area contributed by atoms with Gasteiger partial charge in [-0.1, -0.05) is 43.3 Å². The molecule has 0 saturated carbocycles. The minimum absolute atomic E-state index is 0.712. The van der Waals surface area contributed by atoms with Crippen molar-refractivity contribution in [2.75, 3.05) is 33.7 Å². The van der Waals surface area contributed by atoms with Crippen molar-refractivity contribution in [1.82, 2.24) is 14.5 Å². The third-order valence-corrected chi connectivity index (χ3v) is 7.42. The van der Waals surface area contributed by atoms with Crippen LogP contribution in [0.1, 0.15) is 60.8 Å². The van der Waals surface area contributed by atoms with Crippen molar-refractivity contribution >= 4 is 11.9 Å². The molecule has 34 heavy (non-hydrogen) atoms. The van der Waals surface area contributed by atoms with Crippen LogP contribution in [0.4, 0.5) is 0 Å². The van der Waals surface area contributed by atoms with Gasteiger partial charge in [0, 0.05) is 30.2 Å². The zero-order valence-corrected chi connectivity index (χ0v) is 22.4. The van der Waals surface area contributed by atoms with Crippen LogP contribution in [0.25, 0.3) is 0 Å². The third-order valence-electron chi connectivity index (χ3n) is 6.10. The van der Waals surface area contributed by atoms with Crippen LogP contribution in [-0.2, 0) is 6.54 Å². The number of aryl methyl sites for hydroxylation is 2. The van der Waals surface area contributed by atoms with E-state index in [0.717, 1.165) is 45.4 Å². The van der Waals surface area contributed by atoms with Crippen LogP contribution in [-0.4, -0.2) is 42.9 Å². The molecule has 2 aromatic carbocycles. The van der Waals surface area contributed by atoms with Gasteiger partial charge in [-0.05, 0) is 107 Å². The Hall–Kier alpha value is -2.26. The summed E-state index contributed by atoms with van der Waals surface area (Å²) in [4.78, 5) is 3.82. The van der Waals surface area contributed by atoms with Crippen molar-refractivity contribution < 1.29 is 0 Å². The van der Waals surface area contributed by atoms with Gasteiger partial charge in [-0.3, -0.25) is 0 Å². The quantitative estimate of drug-likeness (QED) is 0.215. The van der Waals surface area contributed by atoms with Crippen molar-refractivity contribution in [2.45, 2.75) is 63.8 Å². The fraction of sp³-hybridized carbons (Fsp3) is 0.483. The number of nitriles is 1. The maximum Gasteiger partial charge on any atom is 0.0991 e. The monoisotopic (exact) mass is 478 g/mol. The van der Waals surface area contributed by atoms with E-state index in [1.807, 2.05) is 31.1 Å². The van der Waals surface area contributed by atoms with Gasteiger partial charge >= 0.3 is 0 Å². The first-order chi connectivity index (χ1) is 16.4. The number of rotatable bonds is 16. The van der Waals surface area contributed by atoms with Gasteiger partial charge in [0.1, 0.15) is 0 Å². The molecule has 0 saturated heterocycles. The maximum atomic E-state index is 9.07. The topological polar surface area (TPSA) is 42.3 Å². The molecule has 4 nitrogen and oxygen atoms in total. The number of hydrogen-bond donors (Lipinski definition) is 1. The first-order valence-corrected chi connectivity index (χ1v) is 13.2. The van der Waals surface area contributed by atoms with Crippen LogP contribution < -0.4 is 5.32 Å². The highest BCUT2D eigenvalue weighted by Gasteiger charge is 2.11. The lowest BCUT2D eigenvalue weighted by Gasteiger charge is -2.27. The number of benzene rings is 2. The van der Waals surface area contributed by atoms with E-state index in [-0.39, 0.29) is 0 Å². The SMILES string of the molecule is C=C(CCCCN(C)Sc1c(C)cccc1C)N(CCCCCNC)Cc1ccc(C#N)cc1. The highest BCUT2D eigenvalue weighted by Crippen LogP contribution is 2.28. The fourth-order valence-electron chi connectivity index (χ4n) is 4.00. The Labute approximate surface area is 212 Å². The lowest BCUT2D eigenvalue weighted by atomic mass is 10.1. The molecule has 0 unspecified atom stereocenters. The molecule has 2 rings (SSSR count). The lowest BCUT2D eigenvalue weighted by Crippen LogP contribution is -2.24. The van der Waals surface area contributed by atoms with Crippen molar-refractivity contribution in [3.8, 4) is 6.07 Å². The zero-order chi connectivity index (χ0) is 24.8. The molecular formula is C29H42N4S. The van der Waals surface area contributed by atoms with E-state index in [4.69, 9.17) is 5.26 Å². The summed E-state index contributed by atoms with van der Waals surface area (Å²) in [6.45, 7) is 12.9. The largest absolute Gasteiger partial charge is 0.371 e. The third kappa shape index (κ3) is 9.93. The number of allylic oxidation sites excluding steroid dienone is 1. The number of nitrogens with zero attached hydrogens (tertiary/aromatic N) is 3. The van der Waals surface area contributed by atoms with Crippen molar-refractivity contribution in [1.29, 1.82) is 5.26 Å². The van der Waals surface area contributed by atoms with Gasteiger partial charge in [-0.2, -0.15) is 5.26 Å². The molecule has 0 aromatic heterocycles. The molecule has 0 spiro atoms. The second-order valence-corrected chi connectivity index (χ2v) is 10.3. The molecular weight excluding hydrogens is 436 g/mol. The standard InChI is InChI=1S/C29H42N4S/c1-24-12-11-13-25(2)29(24)34-32(5)20-10-7-14-26(3)33(21-9-6-8-19-31-4)23-28-17-15-27(22-30)16-18-28/h11-13,15-18,31H,3,6-10,14,19-21,23H2,1-2,4-5H3. The van der Waals surface area contributed by atoms with Gasteiger partial charge in [0.05, 0.1) is 11.6 Å². The molecule has 184 valence electrons. The summed E-state index contributed by atoms with van der Waals surface area (Å²) in [6, 6.07) is 16.7. The Balaban J connectivity index is 1.83. The fourth-order valence-corrected chi connectivity index (χ4v) is 4.96. The zero-order valence-electron chi connectivity index (χ0n) is 21.6. The Morgan fingerprint density at radius 3 is 2.29 bits per heavy atom. The van der Waals surface area contributed by atoms with E-state index in [1.165, 1.54) is 46.5 Å². The van der Waals surface area contributed by atoms with Crippen LogP contribution in [0.2, 0.25) is 0 Å². The number of hydrogen-bond acceptors (Lipinski definition) is 5. The molecule has 2 aromatic rings. The summed E-state index contributed by atoms with van der Waals surface area (Å²) in [5, 5.41) is 12.3. The predicted molar refractivity (Wildman–Crippen MR) is 147 cm³/mol. The van der Waals surface area contributed by atoms with E-state index in [2.05, 4.69) is 78.4 Å². The Morgan fingerprint density at radius 1 is 0.971 bits per heavy atom. The first kappa shape index (κ1) is 28.0.